The summed E-state index contributed by atoms with van der Waals surface area (Å²) in [4.78, 5) is 27.0. The van der Waals surface area contributed by atoms with Gasteiger partial charge in [-0.2, -0.15) is 0 Å². The summed E-state index contributed by atoms with van der Waals surface area (Å²) in [5, 5.41) is 2.81. The zero-order valence-electron chi connectivity index (χ0n) is 21.5. The summed E-state index contributed by atoms with van der Waals surface area (Å²) in [5.41, 5.74) is 2.21. The molecule has 8 heteroatoms. The van der Waals surface area contributed by atoms with Crippen molar-refractivity contribution >= 4 is 12.0 Å². The quantitative estimate of drug-likeness (QED) is 0.610. The van der Waals surface area contributed by atoms with E-state index in [2.05, 4.69) is 17.4 Å². The lowest BCUT2D eigenvalue weighted by molar-refractivity contribution is 0.0523. The van der Waals surface area contributed by atoms with E-state index >= 15 is 0 Å². The third-order valence-corrected chi connectivity index (χ3v) is 5.95. The van der Waals surface area contributed by atoms with Crippen LogP contribution in [0, 0.1) is 0 Å². The summed E-state index contributed by atoms with van der Waals surface area (Å²) < 4.78 is 21.4. The van der Waals surface area contributed by atoms with Gasteiger partial charge in [0.25, 0.3) is 5.91 Å². The number of nitrogens with one attached hydrogen (secondary N) is 1. The molecule has 1 heterocycles. The van der Waals surface area contributed by atoms with Gasteiger partial charge in [-0.15, -0.1) is 0 Å². The SMILES string of the molecule is COc1cc(C(=O)N2CCC(c3cccc(CNC(=O)OC(C)(C)C)c3)CC2)cc(OC)c1OC. The maximum atomic E-state index is 13.2. The van der Waals surface area contributed by atoms with Crippen LogP contribution in [0.5, 0.6) is 17.2 Å². The number of amides is 2. The van der Waals surface area contributed by atoms with Crippen molar-refractivity contribution in [2.75, 3.05) is 34.4 Å². The van der Waals surface area contributed by atoms with Crippen LogP contribution < -0.4 is 19.5 Å². The van der Waals surface area contributed by atoms with Gasteiger partial charge in [-0.3, -0.25) is 4.79 Å². The van der Waals surface area contributed by atoms with E-state index in [0.717, 1.165) is 18.4 Å². The van der Waals surface area contributed by atoms with Crippen LogP contribution in [0.15, 0.2) is 36.4 Å². The molecule has 1 fully saturated rings. The van der Waals surface area contributed by atoms with Crippen LogP contribution in [-0.2, 0) is 11.3 Å². The fourth-order valence-corrected chi connectivity index (χ4v) is 4.25. The highest BCUT2D eigenvalue weighted by atomic mass is 16.6. The molecule has 0 aliphatic carbocycles. The van der Waals surface area contributed by atoms with Crippen molar-refractivity contribution in [3.05, 3.63) is 53.1 Å². The molecule has 1 N–H and O–H groups in total. The van der Waals surface area contributed by atoms with E-state index in [9.17, 15) is 9.59 Å². The number of alkyl carbamates (subject to hydrolysis) is 1. The molecular formula is C27H36N2O6. The summed E-state index contributed by atoms with van der Waals surface area (Å²) in [6, 6.07) is 11.6. The van der Waals surface area contributed by atoms with Crippen LogP contribution in [0.2, 0.25) is 0 Å². The number of carbonyl (C=O) groups is 2. The fraction of sp³-hybridized carbons (Fsp3) is 0.481. The van der Waals surface area contributed by atoms with Crippen molar-refractivity contribution in [3.63, 3.8) is 0 Å². The van der Waals surface area contributed by atoms with E-state index in [1.165, 1.54) is 26.9 Å². The van der Waals surface area contributed by atoms with Gasteiger partial charge in [-0.1, -0.05) is 24.3 Å². The molecule has 190 valence electrons. The van der Waals surface area contributed by atoms with Crippen molar-refractivity contribution < 1.29 is 28.5 Å². The van der Waals surface area contributed by atoms with Gasteiger partial charge in [0.05, 0.1) is 21.3 Å². The van der Waals surface area contributed by atoms with E-state index in [-0.39, 0.29) is 5.91 Å². The third-order valence-electron chi connectivity index (χ3n) is 5.95. The molecule has 0 spiro atoms. The largest absolute Gasteiger partial charge is 0.493 e. The van der Waals surface area contributed by atoms with E-state index in [1.54, 1.807) is 12.1 Å². The van der Waals surface area contributed by atoms with Crippen molar-refractivity contribution in [1.82, 2.24) is 10.2 Å². The molecule has 0 aromatic heterocycles. The van der Waals surface area contributed by atoms with Gasteiger partial charge in [0, 0.05) is 25.2 Å². The van der Waals surface area contributed by atoms with Gasteiger partial charge in [-0.05, 0) is 62.8 Å². The number of benzene rings is 2. The minimum Gasteiger partial charge on any atom is -0.493 e. The Morgan fingerprint density at radius 1 is 0.971 bits per heavy atom. The maximum absolute atomic E-state index is 13.2. The average Bonchev–Trinajstić information content (AvgIpc) is 2.85. The summed E-state index contributed by atoms with van der Waals surface area (Å²) in [5.74, 6) is 1.67. The number of likely N-dealkylation sites (tertiary alicyclic amines) is 1. The van der Waals surface area contributed by atoms with Gasteiger partial charge >= 0.3 is 6.09 Å². The Kier molecular flexibility index (Phi) is 8.48. The Hall–Kier alpha value is -3.42. The molecule has 0 saturated carbocycles. The lowest BCUT2D eigenvalue weighted by atomic mass is 9.88. The van der Waals surface area contributed by atoms with Crippen LogP contribution in [-0.4, -0.2) is 56.9 Å². The highest BCUT2D eigenvalue weighted by Crippen LogP contribution is 2.39. The second kappa shape index (κ2) is 11.3. The smallest absolute Gasteiger partial charge is 0.407 e. The fourth-order valence-electron chi connectivity index (χ4n) is 4.25. The van der Waals surface area contributed by atoms with Gasteiger partial charge in [0.15, 0.2) is 11.5 Å². The molecule has 8 nitrogen and oxygen atoms in total. The zero-order valence-corrected chi connectivity index (χ0v) is 21.5. The minimum atomic E-state index is -0.528. The van der Waals surface area contributed by atoms with Crippen molar-refractivity contribution in [1.29, 1.82) is 0 Å². The lowest BCUT2D eigenvalue weighted by Gasteiger charge is -2.32. The summed E-state index contributed by atoms with van der Waals surface area (Å²) >= 11 is 0. The first-order chi connectivity index (χ1) is 16.6. The first-order valence-electron chi connectivity index (χ1n) is 11.8. The van der Waals surface area contributed by atoms with Crippen molar-refractivity contribution in [2.24, 2.45) is 0 Å². The highest BCUT2D eigenvalue weighted by molar-refractivity contribution is 5.95. The number of nitrogens with zero attached hydrogens (tertiary/aromatic N) is 1. The number of hydrogen-bond acceptors (Lipinski definition) is 6. The van der Waals surface area contributed by atoms with Gasteiger partial charge in [0.1, 0.15) is 5.60 Å². The Labute approximate surface area is 207 Å². The van der Waals surface area contributed by atoms with Crippen molar-refractivity contribution in [2.45, 2.75) is 51.7 Å². The molecule has 2 aromatic carbocycles. The molecule has 1 aliphatic rings. The third kappa shape index (κ3) is 6.81. The van der Waals surface area contributed by atoms with E-state index in [4.69, 9.17) is 18.9 Å². The molecule has 0 bridgehead atoms. The molecule has 2 aromatic rings. The molecule has 0 radical (unpaired) electrons. The van der Waals surface area contributed by atoms with Gasteiger partial charge in [0.2, 0.25) is 5.75 Å². The average molecular weight is 485 g/mol. The predicted molar refractivity (Wildman–Crippen MR) is 133 cm³/mol. The molecule has 0 atom stereocenters. The van der Waals surface area contributed by atoms with Gasteiger partial charge < -0.3 is 29.2 Å². The number of ether oxygens (including phenoxy) is 4. The van der Waals surface area contributed by atoms with Crippen LogP contribution in [0.3, 0.4) is 0 Å². The maximum Gasteiger partial charge on any atom is 0.407 e. The molecule has 0 unspecified atom stereocenters. The van der Waals surface area contributed by atoms with Crippen molar-refractivity contribution in [3.8, 4) is 17.2 Å². The van der Waals surface area contributed by atoms with Gasteiger partial charge in [-0.25, -0.2) is 4.79 Å². The predicted octanol–water partition coefficient (Wildman–Crippen LogP) is 4.76. The molecular weight excluding hydrogens is 448 g/mol. The van der Waals surface area contributed by atoms with E-state index in [0.29, 0.717) is 48.4 Å². The Bertz CT molecular complexity index is 1010. The molecule has 1 saturated heterocycles. The summed E-state index contributed by atoms with van der Waals surface area (Å²) in [6.45, 7) is 7.23. The molecule has 2 amide bonds. The normalized spacial score (nSPS) is 14.3. The highest BCUT2D eigenvalue weighted by Gasteiger charge is 2.26. The Morgan fingerprint density at radius 3 is 2.14 bits per heavy atom. The first-order valence-corrected chi connectivity index (χ1v) is 11.8. The molecule has 35 heavy (non-hydrogen) atoms. The minimum absolute atomic E-state index is 0.0574. The number of rotatable bonds is 7. The molecule has 1 aliphatic heterocycles. The second-order valence-electron chi connectivity index (χ2n) is 9.58. The standard InChI is InChI=1S/C27H36N2O6/c1-27(2,3)35-26(31)28-17-18-8-7-9-20(14-18)19-10-12-29(13-11-19)25(30)21-15-22(32-4)24(34-6)23(16-21)33-5/h7-9,14-16,19H,10-13,17H2,1-6H3,(H,28,31). The second-order valence-corrected chi connectivity index (χ2v) is 9.58. The Morgan fingerprint density at radius 2 is 1.60 bits per heavy atom. The monoisotopic (exact) mass is 484 g/mol. The number of methoxy groups -OCH3 is 3. The van der Waals surface area contributed by atoms with Crippen LogP contribution in [0.1, 0.15) is 61.0 Å². The van der Waals surface area contributed by atoms with Crippen LogP contribution >= 0.6 is 0 Å². The summed E-state index contributed by atoms with van der Waals surface area (Å²) in [7, 11) is 4.61. The topological polar surface area (TPSA) is 86.3 Å². The summed E-state index contributed by atoms with van der Waals surface area (Å²) in [6.07, 6.45) is 1.29. The number of piperidine rings is 1. The zero-order chi connectivity index (χ0) is 25.6. The number of hydrogen-bond donors (Lipinski definition) is 1. The van der Waals surface area contributed by atoms with Crippen LogP contribution in [0.4, 0.5) is 4.79 Å². The first kappa shape index (κ1) is 26.2. The van der Waals surface area contributed by atoms with Crippen LogP contribution in [0.25, 0.3) is 0 Å². The Balaban J connectivity index is 1.62. The van der Waals surface area contributed by atoms with E-state index < -0.39 is 11.7 Å². The molecule has 3 rings (SSSR count). The van der Waals surface area contributed by atoms with E-state index in [1.807, 2.05) is 37.8 Å². The number of carbonyl (C=O) groups excluding carboxylic acids is 2. The lowest BCUT2D eigenvalue weighted by Crippen LogP contribution is -2.38.